The first-order valence-corrected chi connectivity index (χ1v) is 11.4. The van der Waals surface area contributed by atoms with Crippen LogP contribution < -0.4 is 15.5 Å². The number of anilines is 3. The highest BCUT2D eigenvalue weighted by atomic mass is 19.1. The van der Waals surface area contributed by atoms with Gasteiger partial charge in [0.2, 0.25) is 11.9 Å². The molecule has 2 aromatic heterocycles. The molecule has 2 atom stereocenters. The predicted octanol–water partition coefficient (Wildman–Crippen LogP) is 3.19. The van der Waals surface area contributed by atoms with Crippen LogP contribution in [0.3, 0.4) is 0 Å². The van der Waals surface area contributed by atoms with Crippen molar-refractivity contribution in [2.75, 3.05) is 23.3 Å². The zero-order chi connectivity index (χ0) is 24.4. The smallest absolute Gasteiger partial charge is 0.248 e. The average Bonchev–Trinajstić information content (AvgIpc) is 3.42. The number of carbonyl (C=O) groups is 1. The molecule has 1 aromatic carbocycles. The van der Waals surface area contributed by atoms with E-state index in [1.807, 2.05) is 49.6 Å². The number of carbonyl (C=O) groups excluding carboxylic acids is 1. The number of aryl methyl sites for hydroxylation is 1. The minimum absolute atomic E-state index is 0.00820. The SMILES string of the molecule is Cc1ncc(-c2nc(Nc3ccc(N4CC[C@@H](NC(=O)[C@H](C)O)C4)cc3)ncc2F)n1C(C)C. The third-order valence-corrected chi connectivity index (χ3v) is 5.89. The molecule has 0 aliphatic carbocycles. The third-order valence-electron chi connectivity index (χ3n) is 5.89. The van der Waals surface area contributed by atoms with Gasteiger partial charge in [-0.25, -0.2) is 19.3 Å². The molecule has 10 heteroatoms. The molecular weight excluding hydrogens is 437 g/mol. The van der Waals surface area contributed by atoms with E-state index in [4.69, 9.17) is 0 Å². The van der Waals surface area contributed by atoms with Crippen molar-refractivity contribution in [1.82, 2.24) is 24.8 Å². The van der Waals surface area contributed by atoms with Gasteiger partial charge in [-0.3, -0.25) is 4.79 Å². The van der Waals surface area contributed by atoms with Crippen LogP contribution in [0.2, 0.25) is 0 Å². The Kier molecular flexibility index (Phi) is 6.78. The molecular formula is C24H30FN7O2. The summed E-state index contributed by atoms with van der Waals surface area (Å²) in [5, 5.41) is 15.4. The first kappa shape index (κ1) is 23.6. The Bertz CT molecular complexity index is 1160. The number of halogens is 1. The molecule has 4 rings (SSSR count). The van der Waals surface area contributed by atoms with Crippen molar-refractivity contribution in [3.8, 4) is 11.4 Å². The number of hydrogen-bond acceptors (Lipinski definition) is 7. The average molecular weight is 468 g/mol. The van der Waals surface area contributed by atoms with Gasteiger partial charge in [0.05, 0.1) is 18.1 Å². The first-order valence-electron chi connectivity index (χ1n) is 11.4. The van der Waals surface area contributed by atoms with Crippen LogP contribution in [0.5, 0.6) is 0 Å². The number of aromatic nitrogens is 4. The fourth-order valence-electron chi connectivity index (χ4n) is 4.21. The second kappa shape index (κ2) is 9.76. The van der Waals surface area contributed by atoms with Crippen LogP contribution in [0.4, 0.5) is 21.7 Å². The summed E-state index contributed by atoms with van der Waals surface area (Å²) in [6.45, 7) is 8.86. The molecule has 0 unspecified atom stereocenters. The van der Waals surface area contributed by atoms with Crippen LogP contribution in [0.25, 0.3) is 11.4 Å². The highest BCUT2D eigenvalue weighted by Crippen LogP contribution is 2.27. The molecule has 1 fully saturated rings. The second-order valence-corrected chi connectivity index (χ2v) is 8.83. The normalized spacial score (nSPS) is 16.7. The summed E-state index contributed by atoms with van der Waals surface area (Å²) in [5.74, 6) is 0.230. The summed E-state index contributed by atoms with van der Waals surface area (Å²) in [7, 11) is 0. The Labute approximate surface area is 198 Å². The van der Waals surface area contributed by atoms with Gasteiger partial charge in [-0.2, -0.15) is 0 Å². The van der Waals surface area contributed by atoms with E-state index >= 15 is 0 Å². The molecule has 180 valence electrons. The van der Waals surface area contributed by atoms with Crippen molar-refractivity contribution in [2.24, 2.45) is 0 Å². The molecule has 3 aromatic rings. The van der Waals surface area contributed by atoms with Gasteiger partial charge in [0.1, 0.15) is 17.6 Å². The molecule has 1 saturated heterocycles. The molecule has 0 spiro atoms. The quantitative estimate of drug-likeness (QED) is 0.490. The van der Waals surface area contributed by atoms with Crippen LogP contribution >= 0.6 is 0 Å². The molecule has 1 aliphatic rings. The Hall–Kier alpha value is -3.53. The lowest BCUT2D eigenvalue weighted by atomic mass is 10.2. The van der Waals surface area contributed by atoms with Crippen LogP contribution in [-0.4, -0.2) is 55.8 Å². The molecule has 3 heterocycles. The number of benzene rings is 1. The minimum atomic E-state index is -1.01. The number of nitrogens with zero attached hydrogens (tertiary/aromatic N) is 5. The first-order chi connectivity index (χ1) is 16.2. The van der Waals surface area contributed by atoms with Crippen LogP contribution in [0.1, 0.15) is 39.1 Å². The van der Waals surface area contributed by atoms with Gasteiger partial charge in [0, 0.05) is 36.5 Å². The topological polar surface area (TPSA) is 108 Å². The number of rotatable bonds is 7. The van der Waals surface area contributed by atoms with E-state index in [-0.39, 0.29) is 23.7 Å². The molecule has 0 bridgehead atoms. The molecule has 9 nitrogen and oxygen atoms in total. The highest BCUT2D eigenvalue weighted by Gasteiger charge is 2.25. The fourth-order valence-corrected chi connectivity index (χ4v) is 4.21. The standard InChI is InChI=1S/C24H30FN7O2/c1-14(2)32-16(4)26-12-21(32)22-20(25)11-27-24(30-22)29-17-5-7-19(8-6-17)31-10-9-18(13-31)28-23(34)15(3)33/h5-8,11-12,14-15,18,33H,9-10,13H2,1-4H3,(H,28,34)(H,27,29,30)/t15-,18+/m0/s1. The molecule has 0 radical (unpaired) electrons. The van der Waals surface area contributed by atoms with Gasteiger partial charge >= 0.3 is 0 Å². The van der Waals surface area contributed by atoms with Gasteiger partial charge in [0.25, 0.3) is 0 Å². The van der Waals surface area contributed by atoms with Crippen LogP contribution in [-0.2, 0) is 4.79 Å². The molecule has 34 heavy (non-hydrogen) atoms. The van der Waals surface area contributed by atoms with E-state index in [9.17, 15) is 14.3 Å². The maximum absolute atomic E-state index is 14.6. The molecule has 3 N–H and O–H groups in total. The van der Waals surface area contributed by atoms with Gasteiger partial charge in [0.15, 0.2) is 5.82 Å². The van der Waals surface area contributed by atoms with E-state index in [0.29, 0.717) is 18.2 Å². The number of aliphatic hydroxyl groups excluding tert-OH is 1. The summed E-state index contributed by atoms with van der Waals surface area (Å²) in [4.78, 5) is 26.7. The summed E-state index contributed by atoms with van der Waals surface area (Å²) in [6, 6.07) is 7.89. The fraction of sp³-hybridized carbons (Fsp3) is 0.417. The zero-order valence-electron chi connectivity index (χ0n) is 19.8. The van der Waals surface area contributed by atoms with Crippen molar-refractivity contribution in [2.45, 2.75) is 52.3 Å². The van der Waals surface area contributed by atoms with Crippen molar-refractivity contribution >= 4 is 23.2 Å². The van der Waals surface area contributed by atoms with E-state index in [0.717, 1.165) is 36.4 Å². The lowest BCUT2D eigenvalue weighted by Gasteiger charge is -2.20. The number of amides is 1. The molecule has 1 aliphatic heterocycles. The summed E-state index contributed by atoms with van der Waals surface area (Å²) >= 11 is 0. The zero-order valence-corrected chi connectivity index (χ0v) is 19.8. The monoisotopic (exact) mass is 467 g/mol. The summed E-state index contributed by atoms with van der Waals surface area (Å²) in [5.41, 5.74) is 2.60. The van der Waals surface area contributed by atoms with E-state index in [1.54, 1.807) is 6.20 Å². The summed E-state index contributed by atoms with van der Waals surface area (Å²) < 4.78 is 16.5. The van der Waals surface area contributed by atoms with Crippen molar-refractivity contribution < 1.29 is 14.3 Å². The number of aliphatic hydroxyl groups is 1. The van der Waals surface area contributed by atoms with E-state index in [1.165, 1.54) is 6.92 Å². The van der Waals surface area contributed by atoms with E-state index < -0.39 is 11.9 Å². The highest BCUT2D eigenvalue weighted by molar-refractivity contribution is 5.80. The van der Waals surface area contributed by atoms with Gasteiger partial charge in [-0.1, -0.05) is 0 Å². The predicted molar refractivity (Wildman–Crippen MR) is 128 cm³/mol. The Morgan fingerprint density at radius 1 is 1.18 bits per heavy atom. The lowest BCUT2D eigenvalue weighted by molar-refractivity contribution is -0.129. The lowest BCUT2D eigenvalue weighted by Crippen LogP contribution is -2.41. The summed E-state index contributed by atoms with van der Waals surface area (Å²) in [6.07, 6.45) is 2.60. The van der Waals surface area contributed by atoms with Crippen molar-refractivity contribution in [3.05, 3.63) is 48.3 Å². The van der Waals surface area contributed by atoms with Gasteiger partial charge < -0.3 is 25.2 Å². The van der Waals surface area contributed by atoms with Crippen LogP contribution in [0.15, 0.2) is 36.7 Å². The third kappa shape index (κ3) is 5.01. The van der Waals surface area contributed by atoms with E-state index in [2.05, 4.69) is 30.5 Å². The van der Waals surface area contributed by atoms with Crippen LogP contribution in [0, 0.1) is 12.7 Å². The Morgan fingerprint density at radius 3 is 2.59 bits per heavy atom. The molecule has 1 amide bonds. The number of nitrogens with one attached hydrogen (secondary N) is 2. The van der Waals surface area contributed by atoms with Gasteiger partial charge in [-0.05, 0) is 58.4 Å². The molecule has 0 saturated carbocycles. The van der Waals surface area contributed by atoms with Crippen molar-refractivity contribution in [1.29, 1.82) is 0 Å². The van der Waals surface area contributed by atoms with Gasteiger partial charge in [-0.15, -0.1) is 0 Å². The maximum atomic E-state index is 14.6. The number of hydrogen-bond donors (Lipinski definition) is 3. The Morgan fingerprint density at radius 2 is 1.91 bits per heavy atom. The number of imidazole rings is 1. The van der Waals surface area contributed by atoms with Crippen molar-refractivity contribution in [3.63, 3.8) is 0 Å². The minimum Gasteiger partial charge on any atom is -0.384 e. The Balaban J connectivity index is 1.46. The largest absolute Gasteiger partial charge is 0.384 e. The maximum Gasteiger partial charge on any atom is 0.248 e. The second-order valence-electron chi connectivity index (χ2n) is 8.83.